The van der Waals surface area contributed by atoms with Crippen LogP contribution >= 0.6 is 0 Å². The van der Waals surface area contributed by atoms with Gasteiger partial charge in [0, 0.05) is 10.8 Å². The van der Waals surface area contributed by atoms with Crippen LogP contribution in [0.5, 0.6) is 0 Å². The molecule has 4 heteroatoms. The number of hydrogen-bond acceptors (Lipinski definition) is 4. The molecule has 2 bridgehead atoms. The number of carbonyl (C=O) groups is 1. The first-order valence-corrected chi connectivity index (χ1v) is 8.19. The quantitative estimate of drug-likeness (QED) is 0.592. The molecular weight excluding hydrogens is 290 g/mol. The van der Waals surface area contributed by atoms with Crippen LogP contribution in [0.2, 0.25) is 0 Å². The Hall–Kier alpha value is -2.10. The van der Waals surface area contributed by atoms with Gasteiger partial charge in [-0.1, -0.05) is 44.1 Å². The molecule has 4 nitrogen and oxygen atoms in total. The van der Waals surface area contributed by atoms with Crippen molar-refractivity contribution in [3.05, 3.63) is 36.1 Å². The Labute approximate surface area is 135 Å². The highest BCUT2D eigenvalue weighted by Gasteiger charge is 2.60. The maximum absolute atomic E-state index is 12.2. The predicted molar refractivity (Wildman–Crippen MR) is 88.3 cm³/mol. The third-order valence-electron chi connectivity index (χ3n) is 6.38. The van der Waals surface area contributed by atoms with E-state index in [0.29, 0.717) is 11.5 Å². The lowest BCUT2D eigenvalue weighted by Crippen LogP contribution is -2.32. The van der Waals surface area contributed by atoms with Crippen molar-refractivity contribution in [3.63, 3.8) is 0 Å². The van der Waals surface area contributed by atoms with Crippen molar-refractivity contribution in [2.75, 3.05) is 0 Å². The Balaban J connectivity index is 1.56. The summed E-state index contributed by atoms with van der Waals surface area (Å²) in [6, 6.07) is 9.22. The summed E-state index contributed by atoms with van der Waals surface area (Å²) < 4.78 is 5.53. The van der Waals surface area contributed by atoms with Crippen LogP contribution in [-0.2, 0) is 4.84 Å². The van der Waals surface area contributed by atoms with E-state index in [-0.39, 0.29) is 16.6 Å². The highest BCUT2D eigenvalue weighted by molar-refractivity contribution is 5.96. The fraction of sp³-hybridized carbons (Fsp3) is 0.474. The van der Waals surface area contributed by atoms with Gasteiger partial charge in [0.1, 0.15) is 5.58 Å². The third kappa shape index (κ3) is 1.97. The topological polar surface area (TPSA) is 51.8 Å². The van der Waals surface area contributed by atoms with E-state index in [2.05, 4.69) is 25.9 Å². The van der Waals surface area contributed by atoms with Crippen LogP contribution in [0.15, 0.2) is 39.9 Å². The van der Waals surface area contributed by atoms with Gasteiger partial charge >= 0.3 is 5.97 Å². The molecule has 1 aromatic carbocycles. The molecule has 2 aromatic rings. The monoisotopic (exact) mass is 311 g/mol. The second-order valence-corrected chi connectivity index (χ2v) is 7.56. The van der Waals surface area contributed by atoms with Crippen LogP contribution in [-0.4, -0.2) is 11.7 Å². The summed E-state index contributed by atoms with van der Waals surface area (Å²) in [4.78, 5) is 17.4. The average molecular weight is 311 g/mol. The molecule has 23 heavy (non-hydrogen) atoms. The van der Waals surface area contributed by atoms with Crippen molar-refractivity contribution in [2.24, 2.45) is 21.9 Å². The zero-order valence-electron chi connectivity index (χ0n) is 13.8. The number of oxime groups is 1. The molecule has 1 heterocycles. The summed E-state index contributed by atoms with van der Waals surface area (Å²) >= 11 is 0. The van der Waals surface area contributed by atoms with Crippen molar-refractivity contribution in [3.8, 4) is 0 Å². The molecule has 4 rings (SSSR count). The molecule has 0 unspecified atom stereocenters. The van der Waals surface area contributed by atoms with Crippen LogP contribution in [0.25, 0.3) is 11.0 Å². The standard InChI is InChI=1S/C19H21NO3/c1-18(2)13-8-9-19(18,3)16(11-13)20-23-17(21)15-10-12-6-4-5-7-14(12)22-15/h4-7,10,13H,8-9,11H2,1-3H3/b20-16-/t13-,19-/m0/s1. The van der Waals surface area contributed by atoms with Gasteiger partial charge in [0.15, 0.2) is 0 Å². The third-order valence-corrected chi connectivity index (χ3v) is 6.38. The van der Waals surface area contributed by atoms with Crippen molar-refractivity contribution < 1.29 is 14.0 Å². The van der Waals surface area contributed by atoms with E-state index < -0.39 is 5.97 Å². The second kappa shape index (κ2) is 4.70. The van der Waals surface area contributed by atoms with Crippen molar-refractivity contribution in [2.45, 2.75) is 40.0 Å². The Morgan fingerprint density at radius 2 is 2.09 bits per heavy atom. The lowest BCUT2D eigenvalue weighted by atomic mass is 9.70. The van der Waals surface area contributed by atoms with E-state index in [1.165, 1.54) is 6.42 Å². The SMILES string of the molecule is CC1(C)[C@H]2CC[C@@]1(C)/C(=N\OC(=O)c1cc3ccccc3o1)C2. The van der Waals surface area contributed by atoms with E-state index in [0.717, 1.165) is 23.9 Å². The van der Waals surface area contributed by atoms with Crippen molar-refractivity contribution in [1.29, 1.82) is 0 Å². The Bertz CT molecular complexity index is 784. The number of nitrogens with zero attached hydrogens (tertiary/aromatic N) is 1. The zero-order valence-corrected chi connectivity index (χ0v) is 13.8. The summed E-state index contributed by atoms with van der Waals surface area (Å²) in [5.74, 6) is 0.303. The number of carbonyl (C=O) groups excluding carboxylic acids is 1. The Morgan fingerprint density at radius 1 is 1.30 bits per heavy atom. The molecule has 0 N–H and O–H groups in total. The minimum Gasteiger partial charge on any atom is -0.449 e. The molecule has 0 radical (unpaired) electrons. The average Bonchev–Trinajstić information content (AvgIpc) is 3.11. The lowest BCUT2D eigenvalue weighted by Gasteiger charge is -2.34. The Kier molecular flexibility index (Phi) is 2.96. The van der Waals surface area contributed by atoms with Crippen LogP contribution in [0, 0.1) is 16.7 Å². The fourth-order valence-corrected chi connectivity index (χ4v) is 4.29. The van der Waals surface area contributed by atoms with Gasteiger partial charge in [-0.3, -0.25) is 0 Å². The number of benzene rings is 1. The minimum absolute atomic E-state index is 0.0336. The molecule has 120 valence electrons. The summed E-state index contributed by atoms with van der Waals surface area (Å²) in [5.41, 5.74) is 1.95. The first kappa shape index (κ1) is 14.5. The van der Waals surface area contributed by atoms with E-state index in [1.807, 2.05) is 24.3 Å². The molecule has 1 aromatic heterocycles. The summed E-state index contributed by atoms with van der Waals surface area (Å²) in [6.07, 6.45) is 3.28. The Morgan fingerprint density at radius 3 is 2.74 bits per heavy atom. The van der Waals surface area contributed by atoms with Gasteiger partial charge in [-0.25, -0.2) is 4.79 Å². The highest BCUT2D eigenvalue weighted by atomic mass is 16.7. The maximum atomic E-state index is 12.2. The van der Waals surface area contributed by atoms with Crippen LogP contribution in [0.1, 0.15) is 50.6 Å². The van der Waals surface area contributed by atoms with Gasteiger partial charge < -0.3 is 9.25 Å². The number of rotatable bonds is 2. The smallest absolute Gasteiger partial charge is 0.400 e. The summed E-state index contributed by atoms with van der Waals surface area (Å²) in [6.45, 7) is 6.84. The maximum Gasteiger partial charge on any atom is 0.400 e. The molecule has 0 aliphatic heterocycles. The van der Waals surface area contributed by atoms with Gasteiger partial charge in [-0.05, 0) is 42.7 Å². The molecule has 0 saturated heterocycles. The molecule has 2 aliphatic carbocycles. The predicted octanol–water partition coefficient (Wildman–Crippen LogP) is 4.79. The molecule has 2 aliphatic rings. The zero-order chi connectivity index (χ0) is 16.2. The highest BCUT2D eigenvalue weighted by Crippen LogP contribution is 2.64. The van der Waals surface area contributed by atoms with E-state index >= 15 is 0 Å². The summed E-state index contributed by atoms with van der Waals surface area (Å²) in [7, 11) is 0. The van der Waals surface area contributed by atoms with E-state index in [1.54, 1.807) is 6.07 Å². The number of para-hydroxylation sites is 1. The second-order valence-electron chi connectivity index (χ2n) is 7.56. The first-order chi connectivity index (χ1) is 10.9. The first-order valence-electron chi connectivity index (χ1n) is 8.19. The molecular formula is C19H21NO3. The van der Waals surface area contributed by atoms with Crippen LogP contribution < -0.4 is 0 Å². The van der Waals surface area contributed by atoms with Gasteiger partial charge in [-0.2, -0.15) is 0 Å². The molecule has 2 fully saturated rings. The van der Waals surface area contributed by atoms with Crippen LogP contribution in [0.4, 0.5) is 0 Å². The molecule has 0 amide bonds. The summed E-state index contributed by atoms with van der Waals surface area (Å²) in [5, 5.41) is 5.12. The van der Waals surface area contributed by atoms with Gasteiger partial charge in [0.25, 0.3) is 0 Å². The van der Waals surface area contributed by atoms with Crippen molar-refractivity contribution >= 4 is 22.7 Å². The number of fused-ring (bicyclic) bond motifs is 3. The minimum atomic E-state index is -0.530. The van der Waals surface area contributed by atoms with Gasteiger partial charge in [-0.15, -0.1) is 0 Å². The number of hydrogen-bond donors (Lipinski definition) is 0. The largest absolute Gasteiger partial charge is 0.449 e. The lowest BCUT2D eigenvalue weighted by molar-refractivity contribution is 0.0474. The normalized spacial score (nSPS) is 30.2. The molecule has 2 atom stereocenters. The molecule has 0 spiro atoms. The number of furan rings is 1. The van der Waals surface area contributed by atoms with E-state index in [9.17, 15) is 4.79 Å². The van der Waals surface area contributed by atoms with Crippen LogP contribution in [0.3, 0.4) is 0 Å². The fourth-order valence-electron chi connectivity index (χ4n) is 4.29. The van der Waals surface area contributed by atoms with Gasteiger partial charge in [0.2, 0.25) is 5.76 Å². The molecule has 2 saturated carbocycles. The van der Waals surface area contributed by atoms with E-state index in [4.69, 9.17) is 9.25 Å². The van der Waals surface area contributed by atoms with Gasteiger partial charge in [0.05, 0.1) is 5.71 Å². The van der Waals surface area contributed by atoms with Crippen molar-refractivity contribution in [1.82, 2.24) is 0 Å².